The summed E-state index contributed by atoms with van der Waals surface area (Å²) in [6.45, 7) is 2.14. The summed E-state index contributed by atoms with van der Waals surface area (Å²) in [5, 5.41) is 0. The van der Waals surface area contributed by atoms with E-state index in [2.05, 4.69) is 85.6 Å². The summed E-state index contributed by atoms with van der Waals surface area (Å²) in [6, 6.07) is 25.0. The first-order valence-corrected chi connectivity index (χ1v) is 9.74. The first-order chi connectivity index (χ1) is 12.7. The summed E-state index contributed by atoms with van der Waals surface area (Å²) in [6.07, 6.45) is 5.25. The minimum absolute atomic E-state index is 0.246. The van der Waals surface area contributed by atoms with Crippen LogP contribution in [0.2, 0.25) is 0 Å². The van der Waals surface area contributed by atoms with Gasteiger partial charge in [0.05, 0.1) is 0 Å². The Kier molecular flexibility index (Phi) is 3.46. The van der Waals surface area contributed by atoms with Crippen molar-refractivity contribution in [3.8, 4) is 11.1 Å². The van der Waals surface area contributed by atoms with Gasteiger partial charge >= 0.3 is 0 Å². The Morgan fingerprint density at radius 3 is 2.15 bits per heavy atom. The van der Waals surface area contributed by atoms with E-state index in [0.29, 0.717) is 0 Å². The maximum absolute atomic E-state index is 2.46. The molecular weight excluding hydrogens is 314 g/mol. The van der Waals surface area contributed by atoms with Gasteiger partial charge in [-0.15, -0.1) is 0 Å². The Balaban J connectivity index is 1.63. The molecule has 0 saturated heterocycles. The summed E-state index contributed by atoms with van der Waals surface area (Å²) in [7, 11) is 2.18. The monoisotopic (exact) mass is 339 g/mol. The van der Waals surface area contributed by atoms with Gasteiger partial charge in [0.2, 0.25) is 0 Å². The molecule has 0 amide bonds. The van der Waals surface area contributed by atoms with Gasteiger partial charge in [-0.3, -0.25) is 0 Å². The molecule has 0 aliphatic heterocycles. The Labute approximate surface area is 156 Å². The Hall–Kier alpha value is -2.54. The van der Waals surface area contributed by atoms with Crippen LogP contribution in [0.15, 0.2) is 66.7 Å². The molecule has 1 heteroatoms. The van der Waals surface area contributed by atoms with Gasteiger partial charge in [-0.1, -0.05) is 60.9 Å². The summed E-state index contributed by atoms with van der Waals surface area (Å²) in [5.41, 5.74) is 10.1. The predicted octanol–water partition coefficient (Wildman–Crippen LogP) is 6.60. The molecule has 3 aromatic rings. The molecule has 2 aliphatic rings. The minimum Gasteiger partial charge on any atom is -0.345 e. The lowest BCUT2D eigenvalue weighted by Crippen LogP contribution is -2.21. The highest BCUT2D eigenvalue weighted by Gasteiger charge is 2.44. The zero-order chi connectivity index (χ0) is 17.7. The maximum Gasteiger partial charge on any atom is 0.0411 e. The number of fused-ring (bicyclic) bond motifs is 5. The molecular formula is C25H25N. The van der Waals surface area contributed by atoms with Crippen LogP contribution >= 0.6 is 0 Å². The lowest BCUT2D eigenvalue weighted by atomic mass is 9.76. The van der Waals surface area contributed by atoms with E-state index in [4.69, 9.17) is 0 Å². The van der Waals surface area contributed by atoms with Gasteiger partial charge in [-0.2, -0.15) is 0 Å². The van der Waals surface area contributed by atoms with Crippen LogP contribution in [0.1, 0.15) is 42.4 Å². The second kappa shape index (κ2) is 5.74. The average Bonchev–Trinajstić information content (AvgIpc) is 3.28. The van der Waals surface area contributed by atoms with Crippen LogP contribution in [-0.2, 0) is 5.41 Å². The van der Waals surface area contributed by atoms with Gasteiger partial charge in [-0.25, -0.2) is 0 Å². The standard InChI is InChI=1S/C25H25N/c1-18-9-11-19(12-10-18)26(2)20-13-14-22-21-7-3-4-8-23(21)25(24(22)17-20)15-5-6-16-25/h3-4,7-14,17H,5-6,15-16H2,1-2H3. The van der Waals surface area contributed by atoms with E-state index in [1.54, 1.807) is 11.1 Å². The summed E-state index contributed by atoms with van der Waals surface area (Å²) < 4.78 is 0. The molecule has 0 aromatic heterocycles. The molecule has 1 nitrogen and oxygen atoms in total. The molecule has 1 saturated carbocycles. The maximum atomic E-state index is 2.46. The molecule has 0 heterocycles. The highest BCUT2D eigenvalue weighted by atomic mass is 15.1. The summed E-state index contributed by atoms with van der Waals surface area (Å²) >= 11 is 0. The Bertz CT molecular complexity index is 962. The van der Waals surface area contributed by atoms with Gasteiger partial charge in [-0.05, 0) is 66.3 Å². The molecule has 0 atom stereocenters. The first kappa shape index (κ1) is 15.7. The van der Waals surface area contributed by atoms with E-state index in [9.17, 15) is 0 Å². The largest absolute Gasteiger partial charge is 0.345 e. The number of anilines is 2. The van der Waals surface area contributed by atoms with Crippen LogP contribution < -0.4 is 4.90 Å². The third kappa shape index (κ3) is 2.16. The van der Waals surface area contributed by atoms with Gasteiger partial charge in [0.15, 0.2) is 0 Å². The zero-order valence-corrected chi connectivity index (χ0v) is 15.6. The van der Waals surface area contributed by atoms with Crippen LogP contribution in [0, 0.1) is 6.92 Å². The highest BCUT2D eigenvalue weighted by molar-refractivity contribution is 5.83. The van der Waals surface area contributed by atoms with Crippen molar-refractivity contribution in [3.05, 3.63) is 83.4 Å². The van der Waals surface area contributed by atoms with Crippen molar-refractivity contribution in [2.45, 2.75) is 38.0 Å². The van der Waals surface area contributed by atoms with Gasteiger partial charge < -0.3 is 4.90 Å². The van der Waals surface area contributed by atoms with E-state index >= 15 is 0 Å². The van der Waals surface area contributed by atoms with Crippen molar-refractivity contribution in [1.29, 1.82) is 0 Å². The van der Waals surface area contributed by atoms with Crippen molar-refractivity contribution in [2.24, 2.45) is 0 Å². The fourth-order valence-corrected chi connectivity index (χ4v) is 5.09. The quantitative estimate of drug-likeness (QED) is 0.508. The first-order valence-electron chi connectivity index (χ1n) is 9.74. The molecule has 26 heavy (non-hydrogen) atoms. The van der Waals surface area contributed by atoms with Gasteiger partial charge in [0.25, 0.3) is 0 Å². The second-order valence-electron chi connectivity index (χ2n) is 7.96. The molecule has 130 valence electrons. The van der Waals surface area contributed by atoms with E-state index in [0.717, 1.165) is 0 Å². The Morgan fingerprint density at radius 2 is 1.38 bits per heavy atom. The van der Waals surface area contributed by atoms with E-state index < -0.39 is 0 Å². The van der Waals surface area contributed by atoms with Crippen LogP contribution in [0.25, 0.3) is 11.1 Å². The summed E-state index contributed by atoms with van der Waals surface area (Å²) in [4.78, 5) is 2.31. The zero-order valence-electron chi connectivity index (χ0n) is 15.6. The van der Waals surface area contributed by atoms with E-state index in [1.165, 1.54) is 53.7 Å². The number of rotatable bonds is 2. The van der Waals surface area contributed by atoms with Crippen molar-refractivity contribution in [2.75, 3.05) is 11.9 Å². The topological polar surface area (TPSA) is 3.24 Å². The fourth-order valence-electron chi connectivity index (χ4n) is 5.09. The molecule has 0 bridgehead atoms. The van der Waals surface area contributed by atoms with Gasteiger partial charge in [0.1, 0.15) is 0 Å². The molecule has 1 fully saturated rings. The number of benzene rings is 3. The van der Waals surface area contributed by atoms with Crippen molar-refractivity contribution in [1.82, 2.24) is 0 Å². The van der Waals surface area contributed by atoms with E-state index in [-0.39, 0.29) is 5.41 Å². The molecule has 0 unspecified atom stereocenters. The number of hydrogen-bond donors (Lipinski definition) is 0. The fraction of sp³-hybridized carbons (Fsp3) is 0.280. The molecule has 1 spiro atoms. The van der Waals surface area contributed by atoms with Crippen molar-refractivity contribution >= 4 is 11.4 Å². The van der Waals surface area contributed by atoms with Gasteiger partial charge in [0, 0.05) is 23.8 Å². The Morgan fingerprint density at radius 1 is 0.731 bits per heavy atom. The number of aryl methyl sites for hydroxylation is 1. The number of hydrogen-bond acceptors (Lipinski definition) is 1. The third-order valence-electron chi connectivity index (χ3n) is 6.52. The second-order valence-corrected chi connectivity index (χ2v) is 7.96. The van der Waals surface area contributed by atoms with Crippen molar-refractivity contribution in [3.63, 3.8) is 0 Å². The lowest BCUT2D eigenvalue weighted by molar-refractivity contribution is 0.550. The molecule has 0 radical (unpaired) electrons. The van der Waals surface area contributed by atoms with Crippen LogP contribution in [-0.4, -0.2) is 7.05 Å². The third-order valence-corrected chi connectivity index (χ3v) is 6.52. The highest BCUT2D eigenvalue weighted by Crippen LogP contribution is 2.57. The van der Waals surface area contributed by atoms with Crippen molar-refractivity contribution < 1.29 is 0 Å². The normalized spacial score (nSPS) is 16.5. The predicted molar refractivity (Wildman–Crippen MR) is 110 cm³/mol. The SMILES string of the molecule is Cc1ccc(N(C)c2ccc3c(c2)C2(CCCC2)c2ccccc2-3)cc1. The van der Waals surface area contributed by atoms with E-state index in [1.807, 2.05) is 0 Å². The number of nitrogens with zero attached hydrogens (tertiary/aromatic N) is 1. The summed E-state index contributed by atoms with van der Waals surface area (Å²) in [5.74, 6) is 0. The van der Waals surface area contributed by atoms with Crippen LogP contribution in [0.3, 0.4) is 0 Å². The minimum atomic E-state index is 0.246. The lowest BCUT2D eigenvalue weighted by Gasteiger charge is -2.28. The molecule has 2 aliphatic carbocycles. The average molecular weight is 339 g/mol. The molecule has 5 rings (SSSR count). The molecule has 3 aromatic carbocycles. The van der Waals surface area contributed by atoms with Crippen LogP contribution in [0.4, 0.5) is 11.4 Å². The smallest absolute Gasteiger partial charge is 0.0411 e. The molecule has 0 N–H and O–H groups in total. The van der Waals surface area contributed by atoms with Crippen LogP contribution in [0.5, 0.6) is 0 Å².